The molecule has 0 aromatic rings. The van der Waals surface area contributed by atoms with Crippen molar-refractivity contribution in [1.82, 2.24) is 0 Å². The molecule has 0 rings (SSSR count). The third-order valence-electron chi connectivity index (χ3n) is 0.642. The van der Waals surface area contributed by atoms with Gasteiger partial charge in [-0.05, 0) is 0 Å². The Balaban J connectivity index is 4.30. The van der Waals surface area contributed by atoms with E-state index in [2.05, 4.69) is 13.5 Å². The van der Waals surface area contributed by atoms with Crippen LogP contribution in [0.3, 0.4) is 0 Å². The summed E-state index contributed by atoms with van der Waals surface area (Å²) < 4.78 is 74.6. The van der Waals surface area contributed by atoms with Crippen LogP contribution in [0.1, 0.15) is 0 Å². The minimum absolute atomic E-state index is 0.838. The van der Waals surface area contributed by atoms with Crippen LogP contribution in [0.15, 0.2) is 0 Å². The van der Waals surface area contributed by atoms with E-state index < -0.39 is 23.9 Å². The molecule has 0 aliphatic rings. The van der Waals surface area contributed by atoms with Crippen molar-refractivity contribution in [3.05, 3.63) is 0 Å². The van der Waals surface area contributed by atoms with Crippen LogP contribution in [-0.4, -0.2) is 21.0 Å². The SMILES string of the molecule is CO[PH](=O)OOS(=O)(=O)C(F)(F)F. The van der Waals surface area contributed by atoms with Crippen molar-refractivity contribution in [3.63, 3.8) is 0 Å². The van der Waals surface area contributed by atoms with Crippen LogP contribution in [0, 0.1) is 0 Å². The summed E-state index contributed by atoms with van der Waals surface area (Å²) in [7, 11) is -8.41. The zero-order chi connectivity index (χ0) is 10.7. The maximum Gasteiger partial charge on any atom is 0.525 e. The maximum atomic E-state index is 11.5. The lowest BCUT2D eigenvalue weighted by Crippen LogP contribution is -2.24. The van der Waals surface area contributed by atoms with Crippen molar-refractivity contribution in [2.45, 2.75) is 5.51 Å². The van der Waals surface area contributed by atoms with Crippen molar-refractivity contribution >= 4 is 18.4 Å². The first-order valence-corrected chi connectivity index (χ1v) is 5.09. The molecule has 11 heteroatoms. The van der Waals surface area contributed by atoms with Gasteiger partial charge in [-0.1, -0.05) is 4.33 Å². The van der Waals surface area contributed by atoms with Crippen molar-refractivity contribution in [2.75, 3.05) is 7.11 Å². The van der Waals surface area contributed by atoms with Crippen LogP contribution >= 0.6 is 8.25 Å². The van der Waals surface area contributed by atoms with Gasteiger partial charge in [-0.3, -0.25) is 4.57 Å². The first-order chi connectivity index (χ1) is 5.70. The van der Waals surface area contributed by atoms with Crippen molar-refractivity contribution in [3.8, 4) is 0 Å². The largest absolute Gasteiger partial charge is 0.525 e. The van der Waals surface area contributed by atoms with E-state index in [0.29, 0.717) is 0 Å². The molecule has 0 spiro atoms. The molecule has 0 aliphatic heterocycles. The van der Waals surface area contributed by atoms with Gasteiger partial charge in [0, 0.05) is 7.11 Å². The molecule has 0 aliphatic carbocycles. The average molecular weight is 244 g/mol. The fourth-order valence-electron chi connectivity index (χ4n) is 0.145. The number of hydrogen-bond acceptors (Lipinski definition) is 6. The molecular formula is C2H4F3O6PS. The summed E-state index contributed by atoms with van der Waals surface area (Å²) in [6.45, 7) is 0. The Morgan fingerprint density at radius 2 is 1.77 bits per heavy atom. The van der Waals surface area contributed by atoms with Gasteiger partial charge in [0.2, 0.25) is 0 Å². The lowest BCUT2D eigenvalue weighted by molar-refractivity contribution is -0.130. The Hall–Kier alpha value is -0.150. The summed E-state index contributed by atoms with van der Waals surface area (Å²) in [6, 6.07) is 0. The standard InChI is InChI=1S/C2H4F3O6PS/c1-9-12(6)10-11-13(7,8)2(3,4)5/h12H,1H3. The summed E-state index contributed by atoms with van der Waals surface area (Å²) in [6.07, 6.45) is 0. The predicted molar refractivity (Wildman–Crippen MR) is 33.2 cm³/mol. The molecule has 13 heavy (non-hydrogen) atoms. The monoisotopic (exact) mass is 244 g/mol. The lowest BCUT2D eigenvalue weighted by Gasteiger charge is -2.05. The second-order valence-corrected chi connectivity index (χ2v) is 4.09. The van der Waals surface area contributed by atoms with Crippen LogP contribution in [0.2, 0.25) is 0 Å². The second kappa shape index (κ2) is 4.38. The molecular weight excluding hydrogens is 240 g/mol. The molecule has 0 bridgehead atoms. The van der Waals surface area contributed by atoms with E-state index >= 15 is 0 Å². The van der Waals surface area contributed by atoms with Crippen LogP contribution in [0.25, 0.3) is 0 Å². The van der Waals surface area contributed by atoms with Gasteiger partial charge in [0.25, 0.3) is 0 Å². The van der Waals surface area contributed by atoms with Gasteiger partial charge >= 0.3 is 23.9 Å². The van der Waals surface area contributed by atoms with Gasteiger partial charge in [0.05, 0.1) is 0 Å². The van der Waals surface area contributed by atoms with Gasteiger partial charge in [0.15, 0.2) is 0 Å². The molecule has 0 N–H and O–H groups in total. The number of rotatable bonds is 4. The van der Waals surface area contributed by atoms with E-state index in [1.807, 2.05) is 0 Å². The Morgan fingerprint density at radius 1 is 1.31 bits per heavy atom. The van der Waals surface area contributed by atoms with Crippen molar-refractivity contribution in [2.24, 2.45) is 0 Å². The van der Waals surface area contributed by atoms with Crippen molar-refractivity contribution < 1.29 is 39.7 Å². The third kappa shape index (κ3) is 4.05. The Morgan fingerprint density at radius 3 is 2.08 bits per heavy atom. The highest BCUT2D eigenvalue weighted by Crippen LogP contribution is 2.29. The molecule has 0 aromatic carbocycles. The number of halogens is 3. The van der Waals surface area contributed by atoms with E-state index in [9.17, 15) is 26.2 Å². The number of alkyl halides is 3. The van der Waals surface area contributed by atoms with Gasteiger partial charge in [0.1, 0.15) is 0 Å². The minimum atomic E-state index is -5.88. The average Bonchev–Trinajstić information content (AvgIpc) is 1.98. The molecule has 80 valence electrons. The molecule has 0 saturated heterocycles. The fraction of sp³-hybridized carbons (Fsp3) is 1.00. The molecule has 0 aromatic heterocycles. The maximum absolute atomic E-state index is 11.5. The summed E-state index contributed by atoms with van der Waals surface area (Å²) in [5, 5.41) is 0. The summed E-state index contributed by atoms with van der Waals surface area (Å²) >= 11 is 0. The van der Waals surface area contributed by atoms with Crippen LogP contribution in [0.4, 0.5) is 13.2 Å². The predicted octanol–water partition coefficient (Wildman–Crippen LogP) is 0.820. The Labute approximate surface area is 71.6 Å². The van der Waals surface area contributed by atoms with Gasteiger partial charge in [-0.25, -0.2) is 0 Å². The first-order valence-electron chi connectivity index (χ1n) is 2.46. The third-order valence-corrected chi connectivity index (χ3v) is 2.13. The van der Waals surface area contributed by atoms with Gasteiger partial charge in [-0.15, -0.1) is 4.67 Å². The molecule has 0 fully saturated rings. The molecule has 6 nitrogen and oxygen atoms in total. The van der Waals surface area contributed by atoms with Gasteiger partial charge < -0.3 is 4.52 Å². The highest BCUT2D eigenvalue weighted by molar-refractivity contribution is 7.87. The number of hydrogen-bond donors (Lipinski definition) is 0. The molecule has 0 radical (unpaired) electrons. The normalized spacial score (nSPS) is 15.7. The Kier molecular flexibility index (Phi) is 4.33. The lowest BCUT2D eigenvalue weighted by atomic mass is 11.6. The van der Waals surface area contributed by atoms with E-state index in [1.165, 1.54) is 0 Å². The molecule has 1 atom stereocenters. The summed E-state index contributed by atoms with van der Waals surface area (Å²) in [5.74, 6) is 0. The fourth-order valence-corrected chi connectivity index (χ4v) is 0.871. The van der Waals surface area contributed by atoms with Gasteiger partial charge in [-0.2, -0.15) is 21.6 Å². The summed E-state index contributed by atoms with van der Waals surface area (Å²) in [5.41, 5.74) is -5.62. The highest BCUT2D eigenvalue weighted by atomic mass is 32.2. The van der Waals surface area contributed by atoms with E-state index in [1.54, 1.807) is 0 Å². The van der Waals surface area contributed by atoms with Crippen LogP contribution < -0.4 is 0 Å². The van der Waals surface area contributed by atoms with Crippen LogP contribution in [-0.2, 0) is 28.2 Å². The van der Waals surface area contributed by atoms with E-state index in [0.717, 1.165) is 7.11 Å². The topological polar surface area (TPSA) is 78.9 Å². The Bertz CT molecular complexity index is 281. The van der Waals surface area contributed by atoms with Crippen molar-refractivity contribution in [1.29, 1.82) is 0 Å². The second-order valence-electron chi connectivity index (χ2n) is 1.51. The van der Waals surface area contributed by atoms with E-state index in [4.69, 9.17) is 0 Å². The zero-order valence-electron chi connectivity index (χ0n) is 5.99. The molecule has 0 heterocycles. The molecule has 0 amide bonds. The first kappa shape index (κ1) is 12.8. The van der Waals surface area contributed by atoms with E-state index in [-0.39, 0.29) is 0 Å². The summed E-state index contributed by atoms with van der Waals surface area (Å²) in [4.78, 5) is 0. The highest BCUT2D eigenvalue weighted by Gasteiger charge is 2.48. The zero-order valence-corrected chi connectivity index (χ0v) is 7.81. The quantitative estimate of drug-likeness (QED) is 0.315. The minimum Gasteiger partial charge on any atom is -0.312 e. The molecule has 1 unspecified atom stereocenters. The molecule has 0 saturated carbocycles. The smallest absolute Gasteiger partial charge is 0.312 e. The van der Waals surface area contributed by atoms with Crippen LogP contribution in [0.5, 0.6) is 0 Å².